The molecular formula is C12H22N2O3. The van der Waals surface area contributed by atoms with Gasteiger partial charge in [-0.1, -0.05) is 0 Å². The SMILES string of the molecule is O=C(NC1CCC(O)CC1)NC1CCCOC1. The van der Waals surface area contributed by atoms with Crippen molar-refractivity contribution < 1.29 is 14.6 Å². The number of hydrogen-bond acceptors (Lipinski definition) is 3. The van der Waals surface area contributed by atoms with Gasteiger partial charge in [0.15, 0.2) is 0 Å². The Hall–Kier alpha value is -0.810. The van der Waals surface area contributed by atoms with Crippen LogP contribution in [0.3, 0.4) is 0 Å². The van der Waals surface area contributed by atoms with E-state index in [9.17, 15) is 9.90 Å². The van der Waals surface area contributed by atoms with Crippen LogP contribution in [-0.4, -0.2) is 42.5 Å². The molecule has 5 heteroatoms. The second-order valence-corrected chi connectivity index (χ2v) is 5.04. The molecule has 2 fully saturated rings. The van der Waals surface area contributed by atoms with Crippen LogP contribution in [0.5, 0.6) is 0 Å². The molecule has 1 saturated carbocycles. The molecule has 1 saturated heterocycles. The fourth-order valence-corrected chi connectivity index (χ4v) is 2.49. The molecule has 1 aliphatic heterocycles. The minimum absolute atomic E-state index is 0.0955. The van der Waals surface area contributed by atoms with E-state index in [0.29, 0.717) is 6.61 Å². The molecule has 98 valence electrons. The summed E-state index contributed by atoms with van der Waals surface area (Å²) in [7, 11) is 0. The maximum Gasteiger partial charge on any atom is 0.315 e. The lowest BCUT2D eigenvalue weighted by Gasteiger charge is -2.28. The Morgan fingerprint density at radius 2 is 1.76 bits per heavy atom. The first-order chi connectivity index (χ1) is 8.24. The molecule has 1 aliphatic carbocycles. The lowest BCUT2D eigenvalue weighted by atomic mass is 9.93. The maximum atomic E-state index is 11.7. The third-order valence-corrected chi connectivity index (χ3v) is 3.53. The fraction of sp³-hybridized carbons (Fsp3) is 0.917. The highest BCUT2D eigenvalue weighted by Crippen LogP contribution is 2.18. The normalized spacial score (nSPS) is 34.1. The molecule has 0 aromatic rings. The van der Waals surface area contributed by atoms with Gasteiger partial charge in [-0.2, -0.15) is 0 Å². The van der Waals surface area contributed by atoms with Gasteiger partial charge in [-0.25, -0.2) is 4.79 Å². The van der Waals surface area contributed by atoms with Gasteiger partial charge in [-0.15, -0.1) is 0 Å². The Kier molecular flexibility index (Phi) is 4.62. The first-order valence-corrected chi connectivity index (χ1v) is 6.57. The second-order valence-electron chi connectivity index (χ2n) is 5.04. The minimum Gasteiger partial charge on any atom is -0.393 e. The largest absolute Gasteiger partial charge is 0.393 e. The summed E-state index contributed by atoms with van der Waals surface area (Å²) in [4.78, 5) is 11.7. The van der Waals surface area contributed by atoms with Crippen molar-refractivity contribution in [2.24, 2.45) is 0 Å². The van der Waals surface area contributed by atoms with Crippen molar-refractivity contribution in [1.82, 2.24) is 10.6 Å². The first-order valence-electron chi connectivity index (χ1n) is 6.57. The molecule has 3 N–H and O–H groups in total. The topological polar surface area (TPSA) is 70.6 Å². The van der Waals surface area contributed by atoms with Crippen molar-refractivity contribution in [3.63, 3.8) is 0 Å². The Labute approximate surface area is 102 Å². The standard InChI is InChI=1S/C12H22N2O3/c15-11-5-3-9(4-6-11)13-12(16)14-10-2-1-7-17-8-10/h9-11,15H,1-8H2,(H2,13,14,16). The minimum atomic E-state index is -0.178. The molecule has 0 spiro atoms. The number of rotatable bonds is 2. The van der Waals surface area contributed by atoms with E-state index in [2.05, 4.69) is 10.6 Å². The van der Waals surface area contributed by atoms with E-state index in [0.717, 1.165) is 45.1 Å². The van der Waals surface area contributed by atoms with E-state index in [4.69, 9.17) is 4.74 Å². The van der Waals surface area contributed by atoms with Crippen LogP contribution in [0.15, 0.2) is 0 Å². The zero-order valence-corrected chi connectivity index (χ0v) is 10.2. The van der Waals surface area contributed by atoms with Gasteiger partial charge in [0.2, 0.25) is 0 Å². The molecule has 5 nitrogen and oxygen atoms in total. The third kappa shape index (κ3) is 4.16. The highest BCUT2D eigenvalue weighted by atomic mass is 16.5. The summed E-state index contributed by atoms with van der Waals surface area (Å²) in [5.41, 5.74) is 0. The maximum absolute atomic E-state index is 11.7. The van der Waals surface area contributed by atoms with Crippen molar-refractivity contribution >= 4 is 6.03 Å². The highest BCUT2D eigenvalue weighted by molar-refractivity contribution is 5.74. The van der Waals surface area contributed by atoms with Crippen LogP contribution >= 0.6 is 0 Å². The molecule has 0 aromatic heterocycles. The number of ether oxygens (including phenoxy) is 1. The summed E-state index contributed by atoms with van der Waals surface area (Å²) in [5.74, 6) is 0. The average Bonchev–Trinajstić information content (AvgIpc) is 2.33. The number of amides is 2. The predicted octanol–water partition coefficient (Wildman–Crippen LogP) is 0.768. The van der Waals surface area contributed by atoms with E-state index in [1.54, 1.807) is 0 Å². The molecule has 1 unspecified atom stereocenters. The van der Waals surface area contributed by atoms with Crippen molar-refractivity contribution in [2.45, 2.75) is 56.7 Å². The van der Waals surface area contributed by atoms with E-state index >= 15 is 0 Å². The molecular weight excluding hydrogens is 220 g/mol. The molecule has 2 rings (SSSR count). The van der Waals surface area contributed by atoms with Gasteiger partial charge < -0.3 is 20.5 Å². The zero-order chi connectivity index (χ0) is 12.1. The number of aliphatic hydroxyl groups is 1. The van der Waals surface area contributed by atoms with Crippen LogP contribution in [0.4, 0.5) is 4.79 Å². The van der Waals surface area contributed by atoms with Crippen molar-refractivity contribution in [1.29, 1.82) is 0 Å². The predicted molar refractivity (Wildman–Crippen MR) is 63.8 cm³/mol. The monoisotopic (exact) mass is 242 g/mol. The number of carbonyl (C=O) groups excluding carboxylic acids is 1. The molecule has 0 aromatic carbocycles. The Balaban J connectivity index is 1.66. The summed E-state index contributed by atoms with van der Waals surface area (Å²) in [5, 5.41) is 15.3. The summed E-state index contributed by atoms with van der Waals surface area (Å²) in [6, 6.07) is 0.266. The molecule has 0 bridgehead atoms. The van der Waals surface area contributed by atoms with Crippen molar-refractivity contribution in [2.75, 3.05) is 13.2 Å². The Morgan fingerprint density at radius 3 is 2.41 bits per heavy atom. The summed E-state index contributed by atoms with van der Waals surface area (Å²) >= 11 is 0. The highest BCUT2D eigenvalue weighted by Gasteiger charge is 2.22. The van der Waals surface area contributed by atoms with E-state index < -0.39 is 0 Å². The van der Waals surface area contributed by atoms with E-state index in [1.807, 2.05) is 0 Å². The van der Waals surface area contributed by atoms with Crippen LogP contribution in [-0.2, 0) is 4.74 Å². The average molecular weight is 242 g/mol. The fourth-order valence-electron chi connectivity index (χ4n) is 2.49. The van der Waals surface area contributed by atoms with Gasteiger partial charge in [0.05, 0.1) is 18.8 Å². The smallest absolute Gasteiger partial charge is 0.315 e. The van der Waals surface area contributed by atoms with Gasteiger partial charge in [-0.05, 0) is 38.5 Å². The van der Waals surface area contributed by atoms with E-state index in [-0.39, 0.29) is 24.2 Å². The second kappa shape index (κ2) is 6.21. The van der Waals surface area contributed by atoms with Gasteiger partial charge in [0.1, 0.15) is 0 Å². The van der Waals surface area contributed by atoms with Crippen LogP contribution < -0.4 is 10.6 Å². The van der Waals surface area contributed by atoms with Crippen LogP contribution in [0.1, 0.15) is 38.5 Å². The molecule has 0 radical (unpaired) electrons. The number of hydrogen-bond donors (Lipinski definition) is 3. The first kappa shape index (κ1) is 12.6. The quantitative estimate of drug-likeness (QED) is 0.670. The van der Waals surface area contributed by atoms with Crippen LogP contribution in [0.25, 0.3) is 0 Å². The number of urea groups is 1. The van der Waals surface area contributed by atoms with Gasteiger partial charge in [-0.3, -0.25) is 0 Å². The van der Waals surface area contributed by atoms with Crippen molar-refractivity contribution in [3.05, 3.63) is 0 Å². The Morgan fingerprint density at radius 1 is 1.06 bits per heavy atom. The number of carbonyl (C=O) groups is 1. The lowest BCUT2D eigenvalue weighted by molar-refractivity contribution is 0.0725. The van der Waals surface area contributed by atoms with Gasteiger partial charge in [0.25, 0.3) is 0 Å². The molecule has 1 atom stereocenters. The zero-order valence-electron chi connectivity index (χ0n) is 10.2. The van der Waals surface area contributed by atoms with Gasteiger partial charge in [0, 0.05) is 12.6 Å². The van der Waals surface area contributed by atoms with Crippen molar-refractivity contribution in [3.8, 4) is 0 Å². The molecule has 17 heavy (non-hydrogen) atoms. The van der Waals surface area contributed by atoms with Crippen LogP contribution in [0, 0.1) is 0 Å². The van der Waals surface area contributed by atoms with Gasteiger partial charge >= 0.3 is 6.03 Å². The van der Waals surface area contributed by atoms with Crippen LogP contribution in [0.2, 0.25) is 0 Å². The molecule has 2 aliphatic rings. The molecule has 1 heterocycles. The lowest BCUT2D eigenvalue weighted by Crippen LogP contribution is -2.49. The number of nitrogens with one attached hydrogen (secondary N) is 2. The molecule has 2 amide bonds. The Bertz CT molecular complexity index is 246. The summed E-state index contributed by atoms with van der Waals surface area (Å²) in [6.45, 7) is 1.43. The third-order valence-electron chi connectivity index (χ3n) is 3.53. The van der Waals surface area contributed by atoms with E-state index in [1.165, 1.54) is 0 Å². The summed E-state index contributed by atoms with van der Waals surface area (Å²) in [6.07, 6.45) is 5.15. The number of aliphatic hydroxyl groups excluding tert-OH is 1. The summed E-state index contributed by atoms with van der Waals surface area (Å²) < 4.78 is 5.31.